The molecular weight excluding hydrogens is 202 g/mol. The molecule has 0 unspecified atom stereocenters. The zero-order chi connectivity index (χ0) is 11.6. The van der Waals surface area contributed by atoms with E-state index < -0.39 is 23.0 Å². The average molecular weight is 214 g/mol. The van der Waals surface area contributed by atoms with Gasteiger partial charge in [0.2, 0.25) is 0 Å². The number of hydrogen-bond acceptors (Lipinski definition) is 2. The first kappa shape index (κ1) is 11.6. The van der Waals surface area contributed by atoms with Crippen LogP contribution in [0.1, 0.15) is 20.8 Å². The summed E-state index contributed by atoms with van der Waals surface area (Å²) in [6.45, 7) is 4.97. The lowest BCUT2D eigenvalue weighted by atomic mass is 9.97. The van der Waals surface area contributed by atoms with E-state index in [0.717, 1.165) is 12.1 Å². The Labute approximate surface area is 86.9 Å². The van der Waals surface area contributed by atoms with E-state index >= 15 is 0 Å². The van der Waals surface area contributed by atoms with Crippen LogP contribution in [0.25, 0.3) is 0 Å². The molecular formula is C11H12F2O2. The quantitative estimate of drug-likeness (QED) is 0.530. The molecule has 0 N–H and O–H groups in total. The Hall–Kier alpha value is -1.45. The molecule has 4 heteroatoms. The summed E-state index contributed by atoms with van der Waals surface area (Å²) in [6.07, 6.45) is 0. The van der Waals surface area contributed by atoms with Crippen LogP contribution in [0.2, 0.25) is 0 Å². The second kappa shape index (κ2) is 3.96. The van der Waals surface area contributed by atoms with E-state index in [9.17, 15) is 13.6 Å². The first-order chi connectivity index (χ1) is 6.79. The lowest BCUT2D eigenvalue weighted by Gasteiger charge is -2.16. The third-order valence-corrected chi connectivity index (χ3v) is 1.66. The molecule has 2 nitrogen and oxygen atoms in total. The number of halogens is 2. The van der Waals surface area contributed by atoms with Crippen LogP contribution >= 0.6 is 0 Å². The first-order valence-electron chi connectivity index (χ1n) is 4.47. The van der Waals surface area contributed by atoms with Crippen molar-refractivity contribution in [3.63, 3.8) is 0 Å². The van der Waals surface area contributed by atoms with Crippen molar-refractivity contribution in [1.82, 2.24) is 0 Å². The van der Waals surface area contributed by atoms with E-state index in [1.165, 1.54) is 0 Å². The Balaban J connectivity index is 2.86. The number of hydrogen-bond donors (Lipinski definition) is 0. The average Bonchev–Trinajstić information content (AvgIpc) is 1.99. The van der Waals surface area contributed by atoms with Crippen molar-refractivity contribution in [2.24, 2.45) is 5.41 Å². The maximum atomic E-state index is 12.7. The first-order valence-corrected chi connectivity index (χ1v) is 4.47. The highest BCUT2D eigenvalue weighted by molar-refractivity contribution is 5.77. The molecule has 82 valence electrons. The van der Waals surface area contributed by atoms with Crippen molar-refractivity contribution in [2.75, 3.05) is 0 Å². The van der Waals surface area contributed by atoms with Gasteiger partial charge in [-0.1, -0.05) is 0 Å². The van der Waals surface area contributed by atoms with Crippen LogP contribution < -0.4 is 4.74 Å². The molecule has 0 bridgehead atoms. The molecule has 0 aliphatic heterocycles. The molecule has 0 heterocycles. The predicted octanol–water partition coefficient (Wildman–Crippen LogP) is 2.92. The molecule has 1 aromatic rings. The van der Waals surface area contributed by atoms with Gasteiger partial charge in [-0.05, 0) is 20.8 Å². The minimum atomic E-state index is -0.772. The highest BCUT2D eigenvalue weighted by Crippen LogP contribution is 2.20. The van der Waals surface area contributed by atoms with Crippen LogP contribution in [-0.2, 0) is 4.79 Å². The Bertz CT molecular complexity index is 360. The SMILES string of the molecule is CC(C)(C)C(=O)Oc1cc(F)cc(F)c1. The highest BCUT2D eigenvalue weighted by Gasteiger charge is 2.23. The van der Waals surface area contributed by atoms with E-state index in [1.54, 1.807) is 20.8 Å². The number of benzene rings is 1. The van der Waals surface area contributed by atoms with Gasteiger partial charge in [0.05, 0.1) is 5.41 Å². The second-order valence-electron chi connectivity index (χ2n) is 4.24. The normalized spacial score (nSPS) is 11.3. The van der Waals surface area contributed by atoms with Crippen LogP contribution in [0.3, 0.4) is 0 Å². The number of esters is 1. The van der Waals surface area contributed by atoms with E-state index in [2.05, 4.69) is 0 Å². The topological polar surface area (TPSA) is 26.3 Å². The summed E-state index contributed by atoms with van der Waals surface area (Å²) in [6, 6.07) is 2.65. The fourth-order valence-electron chi connectivity index (χ4n) is 0.848. The summed E-state index contributed by atoms with van der Waals surface area (Å²) < 4.78 is 30.3. The van der Waals surface area contributed by atoms with E-state index in [1.807, 2.05) is 0 Å². The fourth-order valence-corrected chi connectivity index (χ4v) is 0.848. The van der Waals surface area contributed by atoms with Gasteiger partial charge in [-0.3, -0.25) is 4.79 Å². The van der Waals surface area contributed by atoms with Gasteiger partial charge in [-0.2, -0.15) is 0 Å². The molecule has 0 aliphatic rings. The van der Waals surface area contributed by atoms with Gasteiger partial charge in [0.15, 0.2) is 0 Å². The number of ether oxygens (including phenoxy) is 1. The van der Waals surface area contributed by atoms with Crippen LogP contribution in [0, 0.1) is 17.0 Å². The standard InChI is InChI=1S/C11H12F2O2/c1-11(2,3)10(14)15-9-5-7(12)4-8(13)6-9/h4-6H,1-3H3. The third-order valence-electron chi connectivity index (χ3n) is 1.66. The summed E-state index contributed by atoms with van der Waals surface area (Å²) in [7, 11) is 0. The van der Waals surface area contributed by atoms with Crippen molar-refractivity contribution < 1.29 is 18.3 Å². The van der Waals surface area contributed by atoms with Gasteiger partial charge in [-0.15, -0.1) is 0 Å². The summed E-state index contributed by atoms with van der Waals surface area (Å²) in [5.41, 5.74) is -0.706. The smallest absolute Gasteiger partial charge is 0.316 e. The second-order valence-corrected chi connectivity index (χ2v) is 4.24. The number of carbonyl (C=O) groups excluding carboxylic acids is 1. The summed E-state index contributed by atoms with van der Waals surface area (Å²) in [4.78, 5) is 11.4. The van der Waals surface area contributed by atoms with Gasteiger partial charge in [0.1, 0.15) is 17.4 Å². The maximum absolute atomic E-state index is 12.7. The molecule has 0 fully saturated rings. The molecule has 0 amide bonds. The number of carbonyl (C=O) groups is 1. The fraction of sp³-hybridized carbons (Fsp3) is 0.364. The zero-order valence-electron chi connectivity index (χ0n) is 8.80. The summed E-state index contributed by atoms with van der Waals surface area (Å²) in [5, 5.41) is 0. The van der Waals surface area contributed by atoms with Crippen molar-refractivity contribution in [3.05, 3.63) is 29.8 Å². The third kappa shape index (κ3) is 3.31. The molecule has 0 aromatic heterocycles. The van der Waals surface area contributed by atoms with Gasteiger partial charge < -0.3 is 4.74 Å². The molecule has 0 atom stereocenters. The molecule has 1 rings (SSSR count). The molecule has 0 saturated carbocycles. The Morgan fingerprint density at radius 2 is 1.60 bits per heavy atom. The molecule has 1 aromatic carbocycles. The molecule has 0 radical (unpaired) electrons. The van der Waals surface area contributed by atoms with Crippen LogP contribution in [0.4, 0.5) is 8.78 Å². The Morgan fingerprint density at radius 1 is 1.13 bits per heavy atom. The number of rotatable bonds is 1. The predicted molar refractivity (Wildman–Crippen MR) is 51.4 cm³/mol. The summed E-state index contributed by atoms with van der Waals surface area (Å²) >= 11 is 0. The van der Waals surface area contributed by atoms with Crippen molar-refractivity contribution in [1.29, 1.82) is 0 Å². The van der Waals surface area contributed by atoms with Gasteiger partial charge in [0.25, 0.3) is 0 Å². The van der Waals surface area contributed by atoms with E-state index in [0.29, 0.717) is 6.07 Å². The van der Waals surface area contributed by atoms with Crippen molar-refractivity contribution in [3.8, 4) is 5.75 Å². The van der Waals surface area contributed by atoms with Crippen molar-refractivity contribution in [2.45, 2.75) is 20.8 Å². The Kier molecular flexibility index (Phi) is 3.07. The molecule has 0 saturated heterocycles. The van der Waals surface area contributed by atoms with Crippen LogP contribution in [0.5, 0.6) is 5.75 Å². The van der Waals surface area contributed by atoms with Crippen LogP contribution in [0.15, 0.2) is 18.2 Å². The van der Waals surface area contributed by atoms with E-state index in [4.69, 9.17) is 4.74 Å². The van der Waals surface area contributed by atoms with Gasteiger partial charge >= 0.3 is 5.97 Å². The van der Waals surface area contributed by atoms with Gasteiger partial charge in [0, 0.05) is 18.2 Å². The maximum Gasteiger partial charge on any atom is 0.316 e. The minimum absolute atomic E-state index is 0.118. The Morgan fingerprint density at radius 3 is 2.00 bits per heavy atom. The van der Waals surface area contributed by atoms with Crippen LogP contribution in [-0.4, -0.2) is 5.97 Å². The zero-order valence-corrected chi connectivity index (χ0v) is 8.80. The molecule has 0 aliphatic carbocycles. The minimum Gasteiger partial charge on any atom is -0.426 e. The summed E-state index contributed by atoms with van der Waals surface area (Å²) in [5.74, 6) is -2.20. The molecule has 15 heavy (non-hydrogen) atoms. The lowest BCUT2D eigenvalue weighted by Crippen LogP contribution is -2.25. The van der Waals surface area contributed by atoms with E-state index in [-0.39, 0.29) is 5.75 Å². The lowest BCUT2D eigenvalue weighted by molar-refractivity contribution is -0.143. The largest absolute Gasteiger partial charge is 0.426 e. The van der Waals surface area contributed by atoms with Gasteiger partial charge in [-0.25, -0.2) is 8.78 Å². The highest BCUT2D eigenvalue weighted by atomic mass is 19.1. The monoisotopic (exact) mass is 214 g/mol. The van der Waals surface area contributed by atoms with Crippen molar-refractivity contribution >= 4 is 5.97 Å². The molecule has 0 spiro atoms.